The van der Waals surface area contributed by atoms with Crippen LogP contribution < -0.4 is 10.1 Å². The van der Waals surface area contributed by atoms with Crippen LogP contribution in [0.15, 0.2) is 34.9 Å². The normalized spacial score (nSPS) is 23.2. The first-order valence-electron chi connectivity index (χ1n) is 8.72. The van der Waals surface area contributed by atoms with Crippen LogP contribution in [0.1, 0.15) is 32.6 Å². The van der Waals surface area contributed by atoms with Crippen LogP contribution in [0.25, 0.3) is 0 Å². The molecule has 1 saturated carbocycles. The summed E-state index contributed by atoms with van der Waals surface area (Å²) in [4.78, 5) is 24.8. The second-order valence-corrected chi connectivity index (χ2v) is 7.73. The molecule has 3 unspecified atom stereocenters. The van der Waals surface area contributed by atoms with Gasteiger partial charge in [-0.3, -0.25) is 4.79 Å². The van der Waals surface area contributed by atoms with Gasteiger partial charge in [-0.05, 0) is 44.0 Å². The molecule has 1 aromatic carbocycles. The Labute approximate surface area is 156 Å². The highest BCUT2D eigenvalue weighted by molar-refractivity contribution is 8.04. The molecule has 0 spiro atoms. The number of ether oxygens (including phenoxy) is 2. The van der Waals surface area contributed by atoms with E-state index in [4.69, 9.17) is 9.47 Å². The summed E-state index contributed by atoms with van der Waals surface area (Å²) in [5.41, 5.74) is 0.574. The summed E-state index contributed by atoms with van der Waals surface area (Å²) in [6.45, 7) is 1.61. The Bertz CT molecular complexity index is 719. The van der Waals surface area contributed by atoms with Crippen molar-refractivity contribution in [2.45, 2.75) is 44.0 Å². The average molecular weight is 379 g/mol. The minimum atomic E-state index is -0.782. The Hall–Kier alpha value is -2.02. The third-order valence-corrected chi connectivity index (χ3v) is 6.15. The summed E-state index contributed by atoms with van der Waals surface area (Å²) in [5, 5.41) is 3.72. The number of amides is 1. The molecule has 26 heavy (non-hydrogen) atoms. The van der Waals surface area contributed by atoms with Crippen LogP contribution >= 0.6 is 11.8 Å². The highest BCUT2D eigenvalue weighted by Gasteiger charge is 2.41. The summed E-state index contributed by atoms with van der Waals surface area (Å²) in [7, 11) is 1.36. The maximum absolute atomic E-state index is 13.0. The van der Waals surface area contributed by atoms with E-state index >= 15 is 0 Å². The average Bonchev–Trinajstić information content (AvgIpc) is 3.00. The van der Waals surface area contributed by atoms with E-state index in [1.54, 1.807) is 18.7 Å². The van der Waals surface area contributed by atoms with Crippen molar-refractivity contribution in [2.75, 3.05) is 7.11 Å². The van der Waals surface area contributed by atoms with Crippen LogP contribution in [0, 0.1) is 11.7 Å². The van der Waals surface area contributed by atoms with E-state index in [2.05, 4.69) is 5.32 Å². The molecule has 1 fully saturated rings. The number of benzene rings is 1. The van der Waals surface area contributed by atoms with E-state index in [1.807, 2.05) is 0 Å². The van der Waals surface area contributed by atoms with E-state index in [0.717, 1.165) is 25.7 Å². The fourth-order valence-electron chi connectivity index (χ4n) is 3.39. The van der Waals surface area contributed by atoms with Crippen molar-refractivity contribution in [3.63, 3.8) is 0 Å². The summed E-state index contributed by atoms with van der Waals surface area (Å²) < 4.78 is 23.5. The number of fused-ring (bicyclic) bond motifs is 1. The summed E-state index contributed by atoms with van der Waals surface area (Å²) in [5.74, 6) is -0.563. The molecule has 140 valence electrons. The lowest BCUT2D eigenvalue weighted by Crippen LogP contribution is -2.35. The summed E-state index contributed by atoms with van der Waals surface area (Å²) >= 11 is 1.54. The van der Waals surface area contributed by atoms with Crippen molar-refractivity contribution in [3.05, 3.63) is 40.7 Å². The number of nitrogens with one attached hydrogen (secondary N) is 1. The maximum Gasteiger partial charge on any atom is 0.336 e. The van der Waals surface area contributed by atoms with Gasteiger partial charge in [0.1, 0.15) is 11.6 Å². The molecule has 3 rings (SSSR count). The first kappa shape index (κ1) is 18.8. The lowest BCUT2D eigenvalue weighted by molar-refractivity contribution is -0.136. The Morgan fingerprint density at radius 3 is 2.62 bits per heavy atom. The number of hydrogen-bond acceptors (Lipinski definition) is 5. The zero-order valence-corrected chi connectivity index (χ0v) is 15.6. The number of methoxy groups -OCH3 is 1. The van der Waals surface area contributed by atoms with Gasteiger partial charge in [-0.1, -0.05) is 12.8 Å². The standard InChI is InChI=1S/C19H22FNO4S/c1-11(25-13-9-7-12(20)8-10-13)17(22)21-18-16(19(23)24-2)14-5-3-4-6-15(14)26-18/h7-11,14-15H,3-6H2,1-2H3,(H,21,22). The van der Waals surface area contributed by atoms with Gasteiger partial charge in [0.25, 0.3) is 5.91 Å². The fourth-order valence-corrected chi connectivity index (χ4v) is 4.93. The molecule has 0 radical (unpaired) electrons. The number of carbonyl (C=O) groups is 2. The molecule has 3 atom stereocenters. The summed E-state index contributed by atoms with van der Waals surface area (Å²) in [6, 6.07) is 5.49. The van der Waals surface area contributed by atoms with Gasteiger partial charge < -0.3 is 14.8 Å². The van der Waals surface area contributed by atoms with Crippen LogP contribution in [-0.2, 0) is 14.3 Å². The molecule has 1 aliphatic heterocycles. The third-order valence-electron chi connectivity index (χ3n) is 4.72. The van der Waals surface area contributed by atoms with E-state index in [1.165, 1.54) is 31.4 Å². The van der Waals surface area contributed by atoms with Crippen LogP contribution in [0.5, 0.6) is 5.75 Å². The maximum atomic E-state index is 13.0. The van der Waals surface area contributed by atoms with Gasteiger partial charge >= 0.3 is 5.97 Å². The van der Waals surface area contributed by atoms with Gasteiger partial charge in [-0.15, -0.1) is 11.8 Å². The monoisotopic (exact) mass is 379 g/mol. The van der Waals surface area contributed by atoms with Crippen LogP contribution in [0.3, 0.4) is 0 Å². The molecule has 0 aromatic heterocycles. The lowest BCUT2D eigenvalue weighted by atomic mass is 9.84. The largest absolute Gasteiger partial charge is 0.481 e. The molecule has 0 saturated heterocycles. The molecular weight excluding hydrogens is 357 g/mol. The molecule has 0 bridgehead atoms. The second kappa shape index (κ2) is 8.12. The number of hydrogen-bond donors (Lipinski definition) is 1. The smallest absolute Gasteiger partial charge is 0.336 e. The van der Waals surface area contributed by atoms with Crippen LogP contribution in [0.2, 0.25) is 0 Å². The molecule has 1 amide bonds. The van der Waals surface area contributed by atoms with Gasteiger partial charge in [0.15, 0.2) is 6.10 Å². The van der Waals surface area contributed by atoms with Gasteiger partial charge in [-0.25, -0.2) is 9.18 Å². The van der Waals surface area contributed by atoms with Gasteiger partial charge in [0.05, 0.1) is 17.7 Å². The number of halogens is 1. The SMILES string of the molecule is COC(=O)C1=C(NC(=O)C(C)Oc2ccc(F)cc2)SC2CCCCC12. The van der Waals surface area contributed by atoms with Gasteiger partial charge in [0.2, 0.25) is 0 Å². The van der Waals surface area contributed by atoms with E-state index in [0.29, 0.717) is 21.6 Å². The van der Waals surface area contributed by atoms with Crippen LogP contribution in [-0.4, -0.2) is 30.3 Å². The molecular formula is C19H22FNO4S. The molecule has 1 aromatic rings. The molecule has 7 heteroatoms. The van der Waals surface area contributed by atoms with Crippen molar-refractivity contribution in [1.82, 2.24) is 5.32 Å². The molecule has 1 heterocycles. The highest BCUT2D eigenvalue weighted by atomic mass is 32.2. The first-order valence-corrected chi connectivity index (χ1v) is 9.59. The van der Waals surface area contributed by atoms with E-state index in [-0.39, 0.29) is 23.6 Å². The first-order chi connectivity index (χ1) is 12.5. The predicted molar refractivity (Wildman–Crippen MR) is 97.0 cm³/mol. The number of carbonyl (C=O) groups excluding carboxylic acids is 2. The minimum Gasteiger partial charge on any atom is -0.481 e. The second-order valence-electron chi connectivity index (χ2n) is 6.48. The predicted octanol–water partition coefficient (Wildman–Crippen LogP) is 3.40. The molecule has 5 nitrogen and oxygen atoms in total. The van der Waals surface area contributed by atoms with Crippen molar-refractivity contribution < 1.29 is 23.5 Å². The Balaban J connectivity index is 1.71. The number of thioether (sulfide) groups is 1. The summed E-state index contributed by atoms with van der Waals surface area (Å²) in [6.07, 6.45) is 3.39. The van der Waals surface area contributed by atoms with Crippen molar-refractivity contribution >= 4 is 23.6 Å². The zero-order valence-electron chi connectivity index (χ0n) is 14.8. The zero-order chi connectivity index (χ0) is 18.7. The Morgan fingerprint density at radius 2 is 1.92 bits per heavy atom. The Kier molecular flexibility index (Phi) is 5.86. The minimum absolute atomic E-state index is 0.129. The van der Waals surface area contributed by atoms with Gasteiger partial charge in [-0.2, -0.15) is 0 Å². The van der Waals surface area contributed by atoms with Gasteiger partial charge in [0, 0.05) is 11.2 Å². The topological polar surface area (TPSA) is 64.6 Å². The molecule has 1 N–H and O–H groups in total. The quantitative estimate of drug-likeness (QED) is 0.795. The third kappa shape index (κ3) is 4.03. The fraction of sp³-hybridized carbons (Fsp3) is 0.474. The van der Waals surface area contributed by atoms with Crippen molar-refractivity contribution in [1.29, 1.82) is 0 Å². The highest BCUT2D eigenvalue weighted by Crippen LogP contribution is 2.48. The van der Waals surface area contributed by atoms with Crippen molar-refractivity contribution in [3.8, 4) is 5.75 Å². The molecule has 2 aliphatic rings. The van der Waals surface area contributed by atoms with Crippen molar-refractivity contribution in [2.24, 2.45) is 5.92 Å². The van der Waals surface area contributed by atoms with E-state index < -0.39 is 6.10 Å². The molecule has 1 aliphatic carbocycles. The van der Waals surface area contributed by atoms with Crippen LogP contribution in [0.4, 0.5) is 4.39 Å². The Morgan fingerprint density at radius 1 is 1.23 bits per heavy atom. The number of rotatable bonds is 5. The lowest BCUT2D eigenvalue weighted by Gasteiger charge is -2.25. The number of esters is 1. The van der Waals surface area contributed by atoms with E-state index in [9.17, 15) is 14.0 Å².